The standard InChI is InChI=1S/C14H17N3O/c18-9-8-17(11-4-3-5-11)14-12-6-1-2-7-13(12)15-10-16-14/h1-2,6-7,10-11,18H,3-5,8-9H2. The van der Waals surface area contributed by atoms with Crippen molar-refractivity contribution in [1.82, 2.24) is 9.97 Å². The van der Waals surface area contributed by atoms with E-state index >= 15 is 0 Å². The molecule has 0 amide bonds. The van der Waals surface area contributed by atoms with Crippen molar-refractivity contribution in [3.8, 4) is 0 Å². The quantitative estimate of drug-likeness (QED) is 0.892. The van der Waals surface area contributed by atoms with Gasteiger partial charge in [-0.15, -0.1) is 0 Å². The van der Waals surface area contributed by atoms with Crippen LogP contribution in [0.3, 0.4) is 0 Å². The first-order valence-corrected chi connectivity index (χ1v) is 6.47. The van der Waals surface area contributed by atoms with Crippen molar-refractivity contribution in [2.24, 2.45) is 0 Å². The van der Waals surface area contributed by atoms with Gasteiger partial charge in [-0.2, -0.15) is 0 Å². The lowest BCUT2D eigenvalue weighted by molar-refractivity contribution is 0.283. The molecule has 1 aromatic heterocycles. The van der Waals surface area contributed by atoms with Crippen LogP contribution in [-0.2, 0) is 0 Å². The fourth-order valence-corrected chi connectivity index (χ4v) is 2.49. The zero-order chi connectivity index (χ0) is 12.4. The van der Waals surface area contributed by atoms with Gasteiger partial charge in [-0.05, 0) is 31.4 Å². The second-order valence-electron chi connectivity index (χ2n) is 4.72. The largest absolute Gasteiger partial charge is 0.395 e. The van der Waals surface area contributed by atoms with Gasteiger partial charge in [-0.1, -0.05) is 12.1 Å². The lowest BCUT2D eigenvalue weighted by atomic mass is 9.91. The molecule has 0 aliphatic heterocycles. The Morgan fingerprint density at radius 1 is 1.22 bits per heavy atom. The van der Waals surface area contributed by atoms with E-state index in [1.165, 1.54) is 19.3 Å². The van der Waals surface area contributed by atoms with Gasteiger partial charge in [0, 0.05) is 18.0 Å². The van der Waals surface area contributed by atoms with Crippen LogP contribution in [0.2, 0.25) is 0 Å². The number of rotatable bonds is 4. The molecule has 1 fully saturated rings. The first-order chi connectivity index (χ1) is 8.90. The van der Waals surface area contributed by atoms with Crippen LogP contribution in [0.5, 0.6) is 0 Å². The second-order valence-corrected chi connectivity index (χ2v) is 4.72. The Bertz CT molecular complexity index is 534. The molecule has 1 saturated carbocycles. The van der Waals surface area contributed by atoms with Gasteiger partial charge in [0.05, 0.1) is 12.1 Å². The van der Waals surface area contributed by atoms with Crippen molar-refractivity contribution in [3.63, 3.8) is 0 Å². The predicted molar refractivity (Wildman–Crippen MR) is 71.6 cm³/mol. The molecule has 0 unspecified atom stereocenters. The fourth-order valence-electron chi connectivity index (χ4n) is 2.49. The number of nitrogens with zero attached hydrogens (tertiary/aromatic N) is 3. The summed E-state index contributed by atoms with van der Waals surface area (Å²) in [5, 5.41) is 10.3. The summed E-state index contributed by atoms with van der Waals surface area (Å²) in [7, 11) is 0. The lowest BCUT2D eigenvalue weighted by Gasteiger charge is -2.38. The minimum atomic E-state index is 0.162. The molecule has 4 nitrogen and oxygen atoms in total. The van der Waals surface area contributed by atoms with Crippen LogP contribution in [-0.4, -0.2) is 34.3 Å². The molecule has 3 rings (SSSR count). The number of aliphatic hydroxyl groups is 1. The molecule has 0 bridgehead atoms. The monoisotopic (exact) mass is 243 g/mol. The molecule has 0 atom stereocenters. The number of benzene rings is 1. The maximum atomic E-state index is 9.25. The van der Waals surface area contributed by atoms with Crippen LogP contribution in [0.25, 0.3) is 10.9 Å². The average Bonchev–Trinajstić information content (AvgIpc) is 2.35. The molecular formula is C14H17N3O. The highest BCUT2D eigenvalue weighted by molar-refractivity contribution is 5.89. The third-order valence-electron chi connectivity index (χ3n) is 3.65. The van der Waals surface area contributed by atoms with E-state index in [-0.39, 0.29) is 6.61 Å². The van der Waals surface area contributed by atoms with Crippen LogP contribution >= 0.6 is 0 Å². The Morgan fingerprint density at radius 3 is 2.78 bits per heavy atom. The Balaban J connectivity index is 2.04. The molecule has 1 aliphatic carbocycles. The first-order valence-electron chi connectivity index (χ1n) is 6.47. The summed E-state index contributed by atoms with van der Waals surface area (Å²) in [6.07, 6.45) is 5.27. The molecule has 1 heterocycles. The zero-order valence-corrected chi connectivity index (χ0v) is 10.3. The third-order valence-corrected chi connectivity index (χ3v) is 3.65. The van der Waals surface area contributed by atoms with Gasteiger partial charge < -0.3 is 10.0 Å². The number of hydrogen-bond acceptors (Lipinski definition) is 4. The molecular weight excluding hydrogens is 226 g/mol. The summed E-state index contributed by atoms with van der Waals surface area (Å²) in [6, 6.07) is 8.56. The van der Waals surface area contributed by atoms with Crippen molar-refractivity contribution in [2.75, 3.05) is 18.1 Å². The minimum absolute atomic E-state index is 0.162. The smallest absolute Gasteiger partial charge is 0.140 e. The number of hydrogen-bond donors (Lipinski definition) is 1. The maximum absolute atomic E-state index is 9.25. The zero-order valence-electron chi connectivity index (χ0n) is 10.3. The molecule has 4 heteroatoms. The van der Waals surface area contributed by atoms with E-state index in [0.717, 1.165) is 16.7 Å². The molecule has 1 aromatic carbocycles. The summed E-state index contributed by atoms with van der Waals surface area (Å²) in [4.78, 5) is 10.9. The predicted octanol–water partition coefficient (Wildman–Crippen LogP) is 1.98. The molecule has 94 valence electrons. The number of para-hydroxylation sites is 1. The van der Waals surface area contributed by atoms with Gasteiger partial charge in [0.1, 0.15) is 12.1 Å². The highest BCUT2D eigenvalue weighted by Crippen LogP contribution is 2.31. The highest BCUT2D eigenvalue weighted by atomic mass is 16.3. The van der Waals surface area contributed by atoms with E-state index in [9.17, 15) is 5.11 Å². The summed E-state index contributed by atoms with van der Waals surface area (Å²) in [6.45, 7) is 0.806. The van der Waals surface area contributed by atoms with Gasteiger partial charge in [0.25, 0.3) is 0 Å². The normalized spacial score (nSPS) is 15.6. The van der Waals surface area contributed by atoms with Crippen molar-refractivity contribution >= 4 is 16.7 Å². The number of aliphatic hydroxyl groups excluding tert-OH is 1. The van der Waals surface area contributed by atoms with E-state index in [1.54, 1.807) is 6.33 Å². The number of aromatic nitrogens is 2. The molecule has 0 radical (unpaired) electrons. The summed E-state index contributed by atoms with van der Waals surface area (Å²) in [5.41, 5.74) is 0.963. The fraction of sp³-hybridized carbons (Fsp3) is 0.429. The summed E-state index contributed by atoms with van der Waals surface area (Å²) in [5.74, 6) is 0.958. The number of anilines is 1. The molecule has 1 aliphatic rings. The summed E-state index contributed by atoms with van der Waals surface area (Å²) >= 11 is 0. The van der Waals surface area contributed by atoms with E-state index < -0.39 is 0 Å². The summed E-state index contributed by atoms with van der Waals surface area (Å²) < 4.78 is 0. The Morgan fingerprint density at radius 2 is 2.06 bits per heavy atom. The van der Waals surface area contributed by atoms with Crippen molar-refractivity contribution in [2.45, 2.75) is 25.3 Å². The maximum Gasteiger partial charge on any atom is 0.140 e. The van der Waals surface area contributed by atoms with E-state index in [4.69, 9.17) is 0 Å². The van der Waals surface area contributed by atoms with Crippen LogP contribution in [0.15, 0.2) is 30.6 Å². The van der Waals surface area contributed by atoms with Crippen molar-refractivity contribution < 1.29 is 5.11 Å². The van der Waals surface area contributed by atoms with Crippen LogP contribution in [0.4, 0.5) is 5.82 Å². The van der Waals surface area contributed by atoms with Crippen LogP contribution in [0, 0.1) is 0 Å². The van der Waals surface area contributed by atoms with E-state index in [2.05, 4.69) is 14.9 Å². The van der Waals surface area contributed by atoms with E-state index in [0.29, 0.717) is 12.6 Å². The molecule has 2 aromatic rings. The molecule has 1 N–H and O–H groups in total. The molecule has 0 saturated heterocycles. The Labute approximate surface area is 106 Å². The number of fused-ring (bicyclic) bond motifs is 1. The van der Waals surface area contributed by atoms with Gasteiger partial charge in [-0.3, -0.25) is 0 Å². The van der Waals surface area contributed by atoms with Crippen molar-refractivity contribution in [3.05, 3.63) is 30.6 Å². The first kappa shape index (κ1) is 11.4. The lowest BCUT2D eigenvalue weighted by Crippen LogP contribution is -2.42. The second kappa shape index (κ2) is 4.90. The van der Waals surface area contributed by atoms with Crippen LogP contribution in [0.1, 0.15) is 19.3 Å². The molecule has 0 spiro atoms. The van der Waals surface area contributed by atoms with E-state index in [1.807, 2.05) is 24.3 Å². The third kappa shape index (κ3) is 1.93. The Kier molecular flexibility index (Phi) is 3.11. The van der Waals surface area contributed by atoms with Gasteiger partial charge >= 0.3 is 0 Å². The van der Waals surface area contributed by atoms with Crippen molar-refractivity contribution in [1.29, 1.82) is 0 Å². The van der Waals surface area contributed by atoms with Crippen LogP contribution < -0.4 is 4.90 Å². The molecule has 18 heavy (non-hydrogen) atoms. The highest BCUT2D eigenvalue weighted by Gasteiger charge is 2.26. The average molecular weight is 243 g/mol. The topological polar surface area (TPSA) is 49.2 Å². The van der Waals surface area contributed by atoms with Gasteiger partial charge in [0.15, 0.2) is 0 Å². The SMILES string of the molecule is OCCN(c1ncnc2ccccc12)C1CCC1. The van der Waals surface area contributed by atoms with Gasteiger partial charge in [0.2, 0.25) is 0 Å². The minimum Gasteiger partial charge on any atom is -0.395 e. The Hall–Kier alpha value is -1.68. The van der Waals surface area contributed by atoms with Gasteiger partial charge in [-0.25, -0.2) is 9.97 Å².